The van der Waals surface area contributed by atoms with Gasteiger partial charge in [0.15, 0.2) is 0 Å². The first-order valence-corrected chi connectivity index (χ1v) is 7.52. The summed E-state index contributed by atoms with van der Waals surface area (Å²) < 4.78 is 51.2. The highest BCUT2D eigenvalue weighted by Crippen LogP contribution is 2.29. The second kappa shape index (κ2) is 8.34. The molecule has 0 heterocycles. The van der Waals surface area contributed by atoms with Crippen molar-refractivity contribution < 1.29 is 22.4 Å². The summed E-state index contributed by atoms with van der Waals surface area (Å²) in [5, 5.41) is 2.53. The van der Waals surface area contributed by atoms with Crippen LogP contribution in [0.2, 0.25) is 0 Å². The molecule has 0 aliphatic heterocycles. The van der Waals surface area contributed by atoms with Gasteiger partial charge in [-0.1, -0.05) is 36.1 Å². The van der Waals surface area contributed by atoms with E-state index >= 15 is 0 Å². The van der Waals surface area contributed by atoms with Gasteiger partial charge >= 0.3 is 6.18 Å². The van der Waals surface area contributed by atoms with Gasteiger partial charge in [0.1, 0.15) is 5.82 Å². The van der Waals surface area contributed by atoms with Crippen molar-refractivity contribution in [3.63, 3.8) is 0 Å². The van der Waals surface area contributed by atoms with Crippen LogP contribution in [-0.4, -0.2) is 12.5 Å². The number of carbonyl (C=O) groups is 1. The predicted octanol–water partition coefficient (Wildman–Crippen LogP) is 3.95. The van der Waals surface area contributed by atoms with Gasteiger partial charge < -0.3 is 5.32 Å². The van der Waals surface area contributed by atoms with Crippen molar-refractivity contribution in [2.75, 3.05) is 6.54 Å². The Bertz CT molecular complexity index is 803. The fraction of sp³-hybridized carbons (Fsp3) is 0.211. The summed E-state index contributed by atoms with van der Waals surface area (Å²) in [6, 6.07) is 10.9. The third-order valence-electron chi connectivity index (χ3n) is 3.38. The van der Waals surface area contributed by atoms with Gasteiger partial charge in [-0.05, 0) is 36.2 Å². The number of nitrogens with one attached hydrogen (secondary N) is 1. The Morgan fingerprint density at radius 1 is 1.08 bits per heavy atom. The third kappa shape index (κ3) is 5.96. The van der Waals surface area contributed by atoms with Crippen molar-refractivity contribution in [2.45, 2.75) is 19.0 Å². The summed E-state index contributed by atoms with van der Waals surface area (Å²) in [6.45, 7) is 0.00630. The Kier molecular flexibility index (Phi) is 6.18. The van der Waals surface area contributed by atoms with Crippen LogP contribution in [-0.2, 0) is 17.4 Å². The van der Waals surface area contributed by atoms with E-state index in [1.807, 2.05) is 0 Å². The van der Waals surface area contributed by atoms with Crippen LogP contribution < -0.4 is 5.32 Å². The Labute approximate surface area is 142 Å². The normalized spacial score (nSPS) is 10.7. The summed E-state index contributed by atoms with van der Waals surface area (Å²) in [7, 11) is 0. The second-order valence-corrected chi connectivity index (χ2v) is 5.25. The lowest BCUT2D eigenvalue weighted by Gasteiger charge is -2.05. The molecule has 6 heteroatoms. The van der Waals surface area contributed by atoms with Crippen LogP contribution in [0.1, 0.15) is 23.1 Å². The highest BCUT2D eigenvalue weighted by atomic mass is 19.4. The summed E-state index contributed by atoms with van der Waals surface area (Å²) in [6.07, 6.45) is -4.05. The Balaban J connectivity index is 1.82. The van der Waals surface area contributed by atoms with E-state index in [-0.39, 0.29) is 36.7 Å². The number of amides is 1. The van der Waals surface area contributed by atoms with E-state index in [1.54, 1.807) is 18.2 Å². The molecule has 0 unspecified atom stereocenters. The standard InChI is InChI=1S/C19H15F4NO/c20-17-9-2-1-7-15(17)10-11-18(25)24-12-4-6-14-5-3-8-16(13-14)19(21,22)23/h1-3,5,7-9,13H,10-12H2,(H,24,25). The van der Waals surface area contributed by atoms with Gasteiger partial charge in [-0.15, -0.1) is 0 Å². The maximum absolute atomic E-state index is 13.4. The number of carbonyl (C=O) groups excluding carboxylic acids is 1. The molecule has 1 N–H and O–H groups in total. The molecule has 1 amide bonds. The quantitative estimate of drug-likeness (QED) is 0.657. The van der Waals surface area contributed by atoms with Crippen LogP contribution >= 0.6 is 0 Å². The first kappa shape index (κ1) is 18.5. The van der Waals surface area contributed by atoms with E-state index in [1.165, 1.54) is 18.2 Å². The average Bonchev–Trinajstić information content (AvgIpc) is 2.57. The molecule has 0 aliphatic rings. The second-order valence-electron chi connectivity index (χ2n) is 5.25. The van der Waals surface area contributed by atoms with Crippen molar-refractivity contribution in [3.8, 4) is 11.8 Å². The van der Waals surface area contributed by atoms with E-state index in [2.05, 4.69) is 17.2 Å². The molecule has 0 aromatic heterocycles. The van der Waals surface area contributed by atoms with Crippen LogP contribution in [0, 0.1) is 17.7 Å². The van der Waals surface area contributed by atoms with Crippen LogP contribution in [0.3, 0.4) is 0 Å². The minimum atomic E-state index is -4.42. The lowest BCUT2D eigenvalue weighted by molar-refractivity contribution is -0.137. The fourth-order valence-electron chi connectivity index (χ4n) is 2.10. The van der Waals surface area contributed by atoms with Crippen molar-refractivity contribution in [1.82, 2.24) is 5.32 Å². The van der Waals surface area contributed by atoms with Crippen LogP contribution in [0.25, 0.3) is 0 Å². The minimum absolute atomic E-state index is 0.00630. The topological polar surface area (TPSA) is 29.1 Å². The SMILES string of the molecule is O=C(CCc1ccccc1F)NCC#Cc1cccc(C(F)(F)F)c1. The van der Waals surface area contributed by atoms with Gasteiger partial charge in [-0.25, -0.2) is 4.39 Å². The summed E-state index contributed by atoms with van der Waals surface area (Å²) >= 11 is 0. The summed E-state index contributed by atoms with van der Waals surface area (Å²) in [5.74, 6) is 4.50. The number of rotatable bonds is 4. The van der Waals surface area contributed by atoms with Crippen molar-refractivity contribution in [3.05, 3.63) is 71.0 Å². The molecule has 0 aliphatic carbocycles. The lowest BCUT2D eigenvalue weighted by Crippen LogP contribution is -2.23. The number of aryl methyl sites for hydroxylation is 1. The van der Waals surface area contributed by atoms with Crippen molar-refractivity contribution in [1.29, 1.82) is 0 Å². The van der Waals surface area contributed by atoms with E-state index in [0.717, 1.165) is 12.1 Å². The number of hydrogen-bond acceptors (Lipinski definition) is 1. The Hall–Kier alpha value is -2.81. The third-order valence-corrected chi connectivity index (χ3v) is 3.38. The molecule has 2 aromatic rings. The van der Waals surface area contributed by atoms with Gasteiger partial charge in [0, 0.05) is 12.0 Å². The van der Waals surface area contributed by atoms with Gasteiger partial charge in [0.05, 0.1) is 12.1 Å². The molecule has 130 valence electrons. The maximum Gasteiger partial charge on any atom is 0.416 e. The number of alkyl halides is 3. The number of hydrogen-bond donors (Lipinski definition) is 1. The highest BCUT2D eigenvalue weighted by molar-refractivity contribution is 5.76. The number of halogens is 4. The van der Waals surface area contributed by atoms with E-state index in [4.69, 9.17) is 0 Å². The van der Waals surface area contributed by atoms with Gasteiger partial charge in [-0.3, -0.25) is 4.79 Å². The maximum atomic E-state index is 13.4. The molecular formula is C19H15F4NO. The van der Waals surface area contributed by atoms with Gasteiger partial charge in [0.25, 0.3) is 0 Å². The lowest BCUT2D eigenvalue weighted by atomic mass is 10.1. The fourth-order valence-corrected chi connectivity index (χ4v) is 2.10. The largest absolute Gasteiger partial charge is 0.416 e. The Morgan fingerprint density at radius 3 is 2.56 bits per heavy atom. The predicted molar refractivity (Wildman–Crippen MR) is 86.1 cm³/mol. The van der Waals surface area contributed by atoms with Gasteiger partial charge in [-0.2, -0.15) is 13.2 Å². The molecule has 2 aromatic carbocycles. The van der Waals surface area contributed by atoms with E-state index in [9.17, 15) is 22.4 Å². The molecule has 0 saturated heterocycles. The molecule has 0 radical (unpaired) electrons. The zero-order valence-electron chi connectivity index (χ0n) is 13.2. The molecule has 0 fully saturated rings. The van der Waals surface area contributed by atoms with E-state index < -0.39 is 11.7 Å². The molecule has 0 spiro atoms. The molecule has 25 heavy (non-hydrogen) atoms. The smallest absolute Gasteiger partial charge is 0.345 e. The minimum Gasteiger partial charge on any atom is -0.345 e. The summed E-state index contributed by atoms with van der Waals surface area (Å²) in [4.78, 5) is 11.7. The van der Waals surface area contributed by atoms with E-state index in [0.29, 0.717) is 5.56 Å². The van der Waals surface area contributed by atoms with Gasteiger partial charge in [0.2, 0.25) is 5.91 Å². The zero-order chi connectivity index (χ0) is 18.3. The molecular weight excluding hydrogens is 334 g/mol. The van der Waals surface area contributed by atoms with Crippen LogP contribution in [0.5, 0.6) is 0 Å². The molecule has 2 nitrogen and oxygen atoms in total. The van der Waals surface area contributed by atoms with Crippen LogP contribution in [0.4, 0.5) is 17.6 Å². The number of benzene rings is 2. The Morgan fingerprint density at radius 2 is 1.84 bits per heavy atom. The van der Waals surface area contributed by atoms with Crippen LogP contribution in [0.15, 0.2) is 48.5 Å². The van der Waals surface area contributed by atoms with Crippen molar-refractivity contribution in [2.24, 2.45) is 0 Å². The molecule has 0 saturated carbocycles. The van der Waals surface area contributed by atoms with Crippen molar-refractivity contribution >= 4 is 5.91 Å². The monoisotopic (exact) mass is 349 g/mol. The molecule has 0 atom stereocenters. The first-order valence-electron chi connectivity index (χ1n) is 7.52. The average molecular weight is 349 g/mol. The zero-order valence-corrected chi connectivity index (χ0v) is 13.2. The highest BCUT2D eigenvalue weighted by Gasteiger charge is 2.30. The molecule has 0 bridgehead atoms. The summed E-state index contributed by atoms with van der Waals surface area (Å²) in [5.41, 5.74) is -0.101. The first-order chi connectivity index (χ1) is 11.9. The molecule has 2 rings (SSSR count).